The number of fused-ring (bicyclic) bond motifs is 1. The van der Waals surface area contributed by atoms with Gasteiger partial charge in [0, 0.05) is 26.7 Å². The SMILES string of the molecule is COc1ccc(CN(C)C(=O)NCCCn2cnc3ccccc32)cc1. The Morgan fingerprint density at radius 3 is 2.73 bits per heavy atom. The predicted octanol–water partition coefficient (Wildman–Crippen LogP) is 3.28. The second kappa shape index (κ2) is 8.38. The number of carbonyl (C=O) groups is 1. The highest BCUT2D eigenvalue weighted by Crippen LogP contribution is 2.13. The quantitative estimate of drug-likeness (QED) is 0.664. The van der Waals surface area contributed by atoms with E-state index in [2.05, 4.69) is 20.9 Å². The first-order valence-electron chi connectivity index (χ1n) is 8.69. The van der Waals surface area contributed by atoms with Crippen molar-refractivity contribution in [3.8, 4) is 5.75 Å². The van der Waals surface area contributed by atoms with Gasteiger partial charge in [-0.1, -0.05) is 24.3 Å². The van der Waals surface area contributed by atoms with Gasteiger partial charge in [0.1, 0.15) is 5.75 Å². The van der Waals surface area contributed by atoms with Crippen LogP contribution in [0.4, 0.5) is 4.79 Å². The summed E-state index contributed by atoms with van der Waals surface area (Å²) in [5.74, 6) is 0.813. The molecule has 1 N–H and O–H groups in total. The number of imidazole rings is 1. The zero-order valence-electron chi connectivity index (χ0n) is 15.2. The van der Waals surface area contributed by atoms with E-state index in [0.717, 1.165) is 35.3 Å². The summed E-state index contributed by atoms with van der Waals surface area (Å²) in [6, 6.07) is 15.7. The maximum atomic E-state index is 12.2. The van der Waals surface area contributed by atoms with E-state index in [1.807, 2.05) is 48.8 Å². The van der Waals surface area contributed by atoms with Gasteiger partial charge in [-0.15, -0.1) is 0 Å². The third-order valence-corrected chi connectivity index (χ3v) is 4.30. The Morgan fingerprint density at radius 1 is 1.19 bits per heavy atom. The van der Waals surface area contributed by atoms with Gasteiger partial charge in [0.25, 0.3) is 0 Å². The van der Waals surface area contributed by atoms with Crippen LogP contribution in [0.3, 0.4) is 0 Å². The summed E-state index contributed by atoms with van der Waals surface area (Å²) in [6.45, 7) is 2.00. The molecule has 0 saturated carbocycles. The Labute approximate surface area is 153 Å². The number of rotatable bonds is 7. The lowest BCUT2D eigenvalue weighted by molar-refractivity contribution is 0.206. The van der Waals surface area contributed by atoms with E-state index in [1.165, 1.54) is 0 Å². The maximum Gasteiger partial charge on any atom is 0.317 e. The summed E-state index contributed by atoms with van der Waals surface area (Å²) in [7, 11) is 3.43. The third kappa shape index (κ3) is 4.33. The lowest BCUT2D eigenvalue weighted by Crippen LogP contribution is -2.37. The number of urea groups is 1. The van der Waals surface area contributed by atoms with E-state index in [9.17, 15) is 4.79 Å². The first-order chi connectivity index (χ1) is 12.7. The molecule has 0 atom stereocenters. The van der Waals surface area contributed by atoms with Gasteiger partial charge < -0.3 is 19.5 Å². The van der Waals surface area contributed by atoms with Gasteiger partial charge >= 0.3 is 6.03 Å². The van der Waals surface area contributed by atoms with Crippen LogP contribution in [0.15, 0.2) is 54.9 Å². The molecule has 3 rings (SSSR count). The molecule has 0 aliphatic heterocycles. The van der Waals surface area contributed by atoms with Crippen molar-refractivity contribution in [3.63, 3.8) is 0 Å². The smallest absolute Gasteiger partial charge is 0.317 e. The molecule has 0 radical (unpaired) electrons. The van der Waals surface area contributed by atoms with Crippen LogP contribution in [0.1, 0.15) is 12.0 Å². The Kier molecular flexibility index (Phi) is 5.73. The number of aryl methyl sites for hydroxylation is 1. The molecule has 0 spiro atoms. The molecule has 0 saturated heterocycles. The Morgan fingerprint density at radius 2 is 1.96 bits per heavy atom. The van der Waals surface area contributed by atoms with Gasteiger partial charge in [-0.25, -0.2) is 9.78 Å². The molecule has 1 heterocycles. The van der Waals surface area contributed by atoms with E-state index < -0.39 is 0 Å². The summed E-state index contributed by atoms with van der Waals surface area (Å²) in [5.41, 5.74) is 3.18. The topological polar surface area (TPSA) is 59.4 Å². The van der Waals surface area contributed by atoms with Crippen LogP contribution in [0.25, 0.3) is 11.0 Å². The van der Waals surface area contributed by atoms with E-state index >= 15 is 0 Å². The fourth-order valence-electron chi connectivity index (χ4n) is 2.84. The number of benzene rings is 2. The van der Waals surface area contributed by atoms with Gasteiger partial charge in [-0.05, 0) is 36.2 Å². The van der Waals surface area contributed by atoms with Crippen molar-refractivity contribution in [2.45, 2.75) is 19.5 Å². The maximum absolute atomic E-state index is 12.2. The number of hydrogen-bond donors (Lipinski definition) is 1. The lowest BCUT2D eigenvalue weighted by Gasteiger charge is -2.18. The van der Waals surface area contributed by atoms with Crippen molar-refractivity contribution in [3.05, 3.63) is 60.4 Å². The van der Waals surface area contributed by atoms with Gasteiger partial charge in [0.2, 0.25) is 0 Å². The first kappa shape index (κ1) is 17.8. The summed E-state index contributed by atoms with van der Waals surface area (Å²) in [6.07, 6.45) is 2.70. The first-order valence-corrected chi connectivity index (χ1v) is 8.69. The van der Waals surface area contributed by atoms with Gasteiger partial charge in [-0.3, -0.25) is 0 Å². The van der Waals surface area contributed by atoms with E-state index in [1.54, 1.807) is 19.1 Å². The number of amides is 2. The zero-order valence-corrected chi connectivity index (χ0v) is 15.2. The fourth-order valence-corrected chi connectivity index (χ4v) is 2.84. The van der Waals surface area contributed by atoms with E-state index in [0.29, 0.717) is 13.1 Å². The normalized spacial score (nSPS) is 10.7. The van der Waals surface area contributed by atoms with Crippen LogP contribution in [0.5, 0.6) is 5.75 Å². The number of para-hydroxylation sites is 2. The average molecular weight is 352 g/mol. The number of nitrogens with zero attached hydrogens (tertiary/aromatic N) is 3. The molecule has 2 aromatic carbocycles. The average Bonchev–Trinajstić information content (AvgIpc) is 3.09. The number of nitrogens with one attached hydrogen (secondary N) is 1. The van der Waals surface area contributed by atoms with Gasteiger partial charge in [0.15, 0.2) is 0 Å². The predicted molar refractivity (Wildman–Crippen MR) is 102 cm³/mol. The minimum atomic E-state index is -0.0729. The van der Waals surface area contributed by atoms with Crippen LogP contribution >= 0.6 is 0 Å². The van der Waals surface area contributed by atoms with Gasteiger partial charge in [0.05, 0.1) is 24.5 Å². The standard InChI is InChI=1S/C20H24N4O2/c1-23(14-16-8-10-17(26-2)11-9-16)20(25)21-12-5-13-24-15-22-18-6-3-4-7-19(18)24/h3-4,6-11,15H,5,12-14H2,1-2H3,(H,21,25). The molecule has 0 bridgehead atoms. The molecule has 0 unspecified atom stereocenters. The molecule has 136 valence electrons. The Hall–Kier alpha value is -3.02. The summed E-state index contributed by atoms with van der Waals surface area (Å²) in [5, 5.41) is 2.96. The van der Waals surface area contributed by atoms with Crippen LogP contribution in [-0.4, -0.2) is 41.2 Å². The minimum absolute atomic E-state index is 0.0729. The van der Waals surface area contributed by atoms with Crippen molar-refractivity contribution in [1.82, 2.24) is 19.8 Å². The van der Waals surface area contributed by atoms with E-state index in [4.69, 9.17) is 4.74 Å². The highest BCUT2D eigenvalue weighted by Gasteiger charge is 2.08. The summed E-state index contributed by atoms with van der Waals surface area (Å²) in [4.78, 5) is 18.3. The third-order valence-electron chi connectivity index (χ3n) is 4.30. The largest absolute Gasteiger partial charge is 0.497 e. The number of carbonyl (C=O) groups excluding carboxylic acids is 1. The molecule has 6 heteroatoms. The molecular weight excluding hydrogens is 328 g/mol. The minimum Gasteiger partial charge on any atom is -0.497 e. The van der Waals surface area contributed by atoms with Crippen molar-refractivity contribution in [1.29, 1.82) is 0 Å². The molecule has 1 aromatic heterocycles. The molecule has 0 aliphatic rings. The molecule has 3 aromatic rings. The lowest BCUT2D eigenvalue weighted by atomic mass is 10.2. The van der Waals surface area contributed by atoms with Crippen molar-refractivity contribution < 1.29 is 9.53 Å². The van der Waals surface area contributed by atoms with Crippen molar-refractivity contribution in [2.75, 3.05) is 20.7 Å². The van der Waals surface area contributed by atoms with Crippen LogP contribution in [0, 0.1) is 0 Å². The number of methoxy groups -OCH3 is 1. The van der Waals surface area contributed by atoms with E-state index in [-0.39, 0.29) is 6.03 Å². The zero-order chi connectivity index (χ0) is 18.4. The number of hydrogen-bond acceptors (Lipinski definition) is 3. The highest BCUT2D eigenvalue weighted by atomic mass is 16.5. The monoisotopic (exact) mass is 352 g/mol. The van der Waals surface area contributed by atoms with Crippen molar-refractivity contribution >= 4 is 17.1 Å². The van der Waals surface area contributed by atoms with Crippen molar-refractivity contribution in [2.24, 2.45) is 0 Å². The number of ether oxygens (including phenoxy) is 1. The Balaban J connectivity index is 1.43. The molecule has 2 amide bonds. The Bertz CT molecular complexity index is 858. The van der Waals surface area contributed by atoms with Crippen LogP contribution in [-0.2, 0) is 13.1 Å². The highest BCUT2D eigenvalue weighted by molar-refractivity contribution is 5.75. The number of aromatic nitrogens is 2. The fraction of sp³-hybridized carbons (Fsp3) is 0.300. The summed E-state index contributed by atoms with van der Waals surface area (Å²) < 4.78 is 7.26. The van der Waals surface area contributed by atoms with Gasteiger partial charge in [-0.2, -0.15) is 0 Å². The molecule has 0 aliphatic carbocycles. The molecule has 26 heavy (non-hydrogen) atoms. The second-order valence-electron chi connectivity index (χ2n) is 6.22. The molecule has 6 nitrogen and oxygen atoms in total. The second-order valence-corrected chi connectivity index (χ2v) is 6.22. The van der Waals surface area contributed by atoms with Crippen LogP contribution in [0.2, 0.25) is 0 Å². The van der Waals surface area contributed by atoms with Crippen LogP contribution < -0.4 is 10.1 Å². The summed E-state index contributed by atoms with van der Waals surface area (Å²) >= 11 is 0. The molecular formula is C20H24N4O2. The molecule has 0 fully saturated rings.